The summed E-state index contributed by atoms with van der Waals surface area (Å²) in [6.45, 7) is 3.36. The van der Waals surface area contributed by atoms with Crippen molar-refractivity contribution in [3.05, 3.63) is 36.9 Å². The van der Waals surface area contributed by atoms with E-state index in [0.29, 0.717) is 6.04 Å². The van der Waals surface area contributed by atoms with Gasteiger partial charge < -0.3 is 9.80 Å². The van der Waals surface area contributed by atoms with Crippen molar-refractivity contribution >= 4 is 17.4 Å². The molecular formula is C15H18N6O. The quantitative estimate of drug-likeness (QED) is 0.854. The van der Waals surface area contributed by atoms with Crippen molar-refractivity contribution in [3.63, 3.8) is 0 Å². The molecule has 2 aliphatic heterocycles. The van der Waals surface area contributed by atoms with Gasteiger partial charge in [0.1, 0.15) is 0 Å². The molecule has 2 aromatic rings. The molecule has 22 heavy (non-hydrogen) atoms. The molecule has 0 aromatic carbocycles. The molecule has 2 aliphatic rings. The molecule has 0 atom stereocenters. The highest BCUT2D eigenvalue weighted by molar-refractivity contribution is 5.93. The Kier molecular flexibility index (Phi) is 2.99. The van der Waals surface area contributed by atoms with E-state index >= 15 is 0 Å². The number of carbonyl (C=O) groups is 1. The van der Waals surface area contributed by atoms with E-state index < -0.39 is 0 Å². The predicted molar refractivity (Wildman–Crippen MR) is 83.1 cm³/mol. The first-order valence-corrected chi connectivity index (χ1v) is 7.44. The van der Waals surface area contributed by atoms with Crippen LogP contribution >= 0.6 is 0 Å². The van der Waals surface area contributed by atoms with Crippen LogP contribution in [0.25, 0.3) is 0 Å². The highest BCUT2D eigenvalue weighted by atomic mass is 16.2. The summed E-state index contributed by atoms with van der Waals surface area (Å²) in [5.74, 6) is 0. The van der Waals surface area contributed by atoms with Crippen LogP contribution in [0.2, 0.25) is 0 Å². The lowest BCUT2D eigenvalue weighted by Gasteiger charge is -2.40. The number of anilines is 2. The summed E-state index contributed by atoms with van der Waals surface area (Å²) in [6.07, 6.45) is 7.38. The fraction of sp³-hybridized carbons (Fsp3) is 0.400. The topological polar surface area (TPSA) is 57.5 Å². The summed E-state index contributed by atoms with van der Waals surface area (Å²) < 4.78 is 1.97. The maximum atomic E-state index is 12.0. The molecule has 0 aliphatic carbocycles. The van der Waals surface area contributed by atoms with Gasteiger partial charge in [0.15, 0.2) is 0 Å². The SMILES string of the molecule is CN1CCN(c2cnn(C3CN(c4ccncc4)C3)c2)C1=O. The maximum absolute atomic E-state index is 12.0. The minimum Gasteiger partial charge on any atom is -0.367 e. The van der Waals surface area contributed by atoms with E-state index in [9.17, 15) is 4.79 Å². The number of aromatic nitrogens is 3. The van der Waals surface area contributed by atoms with Crippen molar-refractivity contribution in [2.24, 2.45) is 0 Å². The van der Waals surface area contributed by atoms with Crippen LogP contribution in [0.5, 0.6) is 0 Å². The fourth-order valence-corrected chi connectivity index (χ4v) is 2.94. The van der Waals surface area contributed by atoms with Gasteiger partial charge in [-0.05, 0) is 12.1 Å². The Labute approximate surface area is 128 Å². The van der Waals surface area contributed by atoms with Gasteiger partial charge in [0.05, 0.1) is 17.9 Å². The maximum Gasteiger partial charge on any atom is 0.324 e. The number of urea groups is 1. The first-order chi connectivity index (χ1) is 10.7. The number of carbonyl (C=O) groups excluding carboxylic acids is 1. The largest absolute Gasteiger partial charge is 0.367 e. The van der Waals surface area contributed by atoms with E-state index in [2.05, 4.69) is 15.0 Å². The molecule has 0 saturated carbocycles. The predicted octanol–water partition coefficient (Wildman–Crippen LogP) is 1.21. The van der Waals surface area contributed by atoms with Gasteiger partial charge in [-0.3, -0.25) is 14.6 Å². The molecule has 7 heteroatoms. The number of hydrogen-bond donors (Lipinski definition) is 0. The van der Waals surface area contributed by atoms with Gasteiger partial charge in [-0.2, -0.15) is 5.10 Å². The van der Waals surface area contributed by atoms with Gasteiger partial charge in [0.2, 0.25) is 0 Å². The molecule has 0 unspecified atom stereocenters. The van der Waals surface area contributed by atoms with Gasteiger partial charge in [0, 0.05) is 57.5 Å². The lowest BCUT2D eigenvalue weighted by atomic mass is 10.1. The van der Waals surface area contributed by atoms with E-state index in [1.165, 1.54) is 5.69 Å². The zero-order valence-corrected chi connectivity index (χ0v) is 12.5. The Morgan fingerprint density at radius 2 is 1.91 bits per heavy atom. The molecule has 2 saturated heterocycles. The normalized spacial score (nSPS) is 19.0. The summed E-state index contributed by atoms with van der Waals surface area (Å²) in [6, 6.07) is 4.44. The second-order valence-electron chi connectivity index (χ2n) is 5.80. The van der Waals surface area contributed by atoms with E-state index in [0.717, 1.165) is 31.9 Å². The van der Waals surface area contributed by atoms with E-state index in [1.807, 2.05) is 42.5 Å². The molecule has 0 spiro atoms. The second kappa shape index (κ2) is 5.01. The Morgan fingerprint density at radius 3 is 2.59 bits per heavy atom. The Hall–Kier alpha value is -2.57. The van der Waals surface area contributed by atoms with Crippen molar-refractivity contribution in [2.75, 3.05) is 43.0 Å². The lowest BCUT2D eigenvalue weighted by molar-refractivity contribution is 0.229. The fourth-order valence-electron chi connectivity index (χ4n) is 2.94. The van der Waals surface area contributed by atoms with Crippen molar-refractivity contribution in [1.29, 1.82) is 0 Å². The average Bonchev–Trinajstić information content (AvgIpc) is 3.07. The van der Waals surface area contributed by atoms with E-state index in [-0.39, 0.29) is 6.03 Å². The van der Waals surface area contributed by atoms with E-state index in [4.69, 9.17) is 0 Å². The Morgan fingerprint density at radius 1 is 1.14 bits per heavy atom. The van der Waals surface area contributed by atoms with Gasteiger partial charge in [0.25, 0.3) is 0 Å². The van der Waals surface area contributed by atoms with Crippen molar-refractivity contribution in [2.45, 2.75) is 6.04 Å². The van der Waals surface area contributed by atoms with Crippen LogP contribution in [0.15, 0.2) is 36.9 Å². The third-order valence-corrected chi connectivity index (χ3v) is 4.38. The Balaban J connectivity index is 1.43. The number of pyridine rings is 1. The zero-order valence-electron chi connectivity index (χ0n) is 12.5. The molecule has 0 bridgehead atoms. The minimum atomic E-state index is 0.0478. The van der Waals surface area contributed by atoms with Crippen molar-refractivity contribution < 1.29 is 4.79 Å². The number of hydrogen-bond acceptors (Lipinski definition) is 4. The molecule has 4 rings (SSSR count). The second-order valence-corrected chi connectivity index (χ2v) is 5.80. The molecule has 0 N–H and O–H groups in total. The lowest BCUT2D eigenvalue weighted by Crippen LogP contribution is -2.48. The van der Waals surface area contributed by atoms with Gasteiger partial charge >= 0.3 is 6.03 Å². The van der Waals surface area contributed by atoms with Crippen LogP contribution in [0.1, 0.15) is 6.04 Å². The van der Waals surface area contributed by atoms with Crippen LogP contribution in [0, 0.1) is 0 Å². The van der Waals surface area contributed by atoms with Gasteiger partial charge in [-0.15, -0.1) is 0 Å². The Bertz CT molecular complexity index is 678. The highest BCUT2D eigenvalue weighted by Gasteiger charge is 2.31. The molecule has 114 valence electrons. The molecular weight excluding hydrogens is 280 g/mol. The summed E-state index contributed by atoms with van der Waals surface area (Å²) in [4.78, 5) is 21.8. The molecule has 4 heterocycles. The summed E-state index contributed by atoms with van der Waals surface area (Å²) >= 11 is 0. The first-order valence-electron chi connectivity index (χ1n) is 7.44. The monoisotopic (exact) mass is 298 g/mol. The summed E-state index contributed by atoms with van der Waals surface area (Å²) in [7, 11) is 1.82. The van der Waals surface area contributed by atoms with Crippen molar-refractivity contribution in [3.8, 4) is 0 Å². The van der Waals surface area contributed by atoms with Crippen LogP contribution in [0.3, 0.4) is 0 Å². The van der Waals surface area contributed by atoms with Crippen LogP contribution in [0.4, 0.5) is 16.2 Å². The van der Waals surface area contributed by atoms with Crippen LogP contribution in [-0.4, -0.2) is 58.9 Å². The van der Waals surface area contributed by atoms with Gasteiger partial charge in [-0.1, -0.05) is 0 Å². The minimum absolute atomic E-state index is 0.0478. The molecule has 2 amide bonds. The summed E-state index contributed by atoms with van der Waals surface area (Å²) in [5.41, 5.74) is 2.08. The zero-order chi connectivity index (χ0) is 15.1. The standard InChI is InChI=1S/C15H18N6O/c1-18-6-7-20(15(18)22)13-8-17-21(11-13)14-9-19(10-14)12-2-4-16-5-3-12/h2-5,8,11,14H,6-7,9-10H2,1H3. The van der Waals surface area contributed by atoms with Crippen LogP contribution in [-0.2, 0) is 0 Å². The number of amides is 2. The first kappa shape index (κ1) is 13.1. The van der Waals surface area contributed by atoms with Gasteiger partial charge in [-0.25, -0.2) is 4.79 Å². The molecule has 2 aromatic heterocycles. The smallest absolute Gasteiger partial charge is 0.324 e. The van der Waals surface area contributed by atoms with E-state index in [1.54, 1.807) is 16.0 Å². The van der Waals surface area contributed by atoms with Crippen LogP contribution < -0.4 is 9.80 Å². The third kappa shape index (κ3) is 2.09. The molecule has 2 fully saturated rings. The molecule has 7 nitrogen and oxygen atoms in total. The number of nitrogens with zero attached hydrogens (tertiary/aromatic N) is 6. The highest BCUT2D eigenvalue weighted by Crippen LogP contribution is 2.28. The molecule has 0 radical (unpaired) electrons. The number of rotatable bonds is 3. The summed E-state index contributed by atoms with van der Waals surface area (Å²) in [5, 5.41) is 4.44. The van der Waals surface area contributed by atoms with Crippen molar-refractivity contribution in [1.82, 2.24) is 19.7 Å². The average molecular weight is 298 g/mol. The number of likely N-dealkylation sites (N-methyl/N-ethyl adjacent to an activating group) is 1. The third-order valence-electron chi connectivity index (χ3n) is 4.38.